The Morgan fingerprint density at radius 3 is 1.65 bits per heavy atom. The molecule has 3 rings (SSSR count). The minimum absolute atomic E-state index is 0.114. The van der Waals surface area contributed by atoms with Crippen LogP contribution in [0.5, 0.6) is 0 Å². The first-order valence-corrected chi connectivity index (χ1v) is 10.7. The summed E-state index contributed by atoms with van der Waals surface area (Å²) in [6.07, 6.45) is 7.96. The first-order chi connectivity index (χ1) is 12.4. The summed E-state index contributed by atoms with van der Waals surface area (Å²) in [7, 11) is 0. The van der Waals surface area contributed by atoms with E-state index in [1.165, 1.54) is 45.4 Å². The average molecular weight is 373 g/mol. The van der Waals surface area contributed by atoms with Crippen molar-refractivity contribution in [2.45, 2.75) is 96.5 Å². The Morgan fingerprint density at radius 1 is 0.769 bits per heavy atom. The van der Waals surface area contributed by atoms with Crippen LogP contribution in [0.1, 0.15) is 78.1 Å². The fourth-order valence-electron chi connectivity index (χ4n) is 5.74. The van der Waals surface area contributed by atoms with Crippen molar-refractivity contribution in [2.24, 2.45) is 29.6 Å². The van der Waals surface area contributed by atoms with Crippen molar-refractivity contribution in [1.29, 1.82) is 0 Å². The number of rotatable bonds is 4. The monoisotopic (exact) mass is 372 g/mol. The number of ether oxygens (including phenoxy) is 1. The minimum atomic E-state index is -1.34. The van der Waals surface area contributed by atoms with E-state index in [0.717, 1.165) is 36.9 Å². The van der Waals surface area contributed by atoms with Gasteiger partial charge < -0.3 is 4.74 Å². The second kappa shape index (κ2) is 9.01. The summed E-state index contributed by atoms with van der Waals surface area (Å²) in [4.78, 5) is 0. The summed E-state index contributed by atoms with van der Waals surface area (Å²) in [5.41, 5.74) is 0. The van der Waals surface area contributed by atoms with Gasteiger partial charge in [-0.2, -0.15) is 0 Å². The molecule has 0 N–H and O–H groups in total. The first kappa shape index (κ1) is 20.1. The summed E-state index contributed by atoms with van der Waals surface area (Å²) in [5, 5.41) is 0. The summed E-state index contributed by atoms with van der Waals surface area (Å²) in [6, 6.07) is 0. The highest BCUT2D eigenvalue weighted by Gasteiger charge is 2.43. The zero-order chi connectivity index (χ0) is 18.7. The quantitative estimate of drug-likeness (QED) is 0.487. The van der Waals surface area contributed by atoms with Gasteiger partial charge in [0.2, 0.25) is 0 Å². The Hall–Kier alpha value is -0.670. The predicted octanol–water partition coefficient (Wildman–Crippen LogP) is 6.92. The van der Waals surface area contributed by atoms with Crippen LogP contribution in [0.25, 0.3) is 0 Å². The van der Waals surface area contributed by atoms with Crippen molar-refractivity contribution >= 4 is 0 Å². The van der Waals surface area contributed by atoms with E-state index >= 15 is 0 Å². The van der Waals surface area contributed by atoms with E-state index in [1.807, 2.05) is 0 Å². The highest BCUT2D eigenvalue weighted by molar-refractivity contribution is 4.94. The molecule has 0 aromatic carbocycles. The van der Waals surface area contributed by atoms with E-state index in [0.29, 0.717) is 18.8 Å². The third-order valence-corrected chi connectivity index (χ3v) is 7.37. The Bertz CT molecular complexity index is 448. The fraction of sp³-hybridized carbons (Fsp3) is 0.909. The molecule has 1 nitrogen and oxygen atoms in total. The summed E-state index contributed by atoms with van der Waals surface area (Å²) in [5.74, 6) is 2.61. The normalized spacial score (nSPS) is 45.3. The molecule has 3 fully saturated rings. The molecule has 0 amide bonds. The van der Waals surface area contributed by atoms with Gasteiger partial charge in [0.15, 0.2) is 6.10 Å². The molecule has 3 aliphatic rings. The second-order valence-corrected chi connectivity index (χ2v) is 9.26. The number of hydrogen-bond donors (Lipinski definition) is 0. The van der Waals surface area contributed by atoms with E-state index in [1.54, 1.807) is 0 Å². The van der Waals surface area contributed by atoms with Crippen LogP contribution in [-0.4, -0.2) is 18.4 Å². The summed E-state index contributed by atoms with van der Waals surface area (Å²) < 4.78 is 46.7. The molecule has 2 unspecified atom stereocenters. The molecule has 0 aromatic rings. The van der Waals surface area contributed by atoms with Crippen LogP contribution in [0, 0.1) is 29.6 Å². The van der Waals surface area contributed by atoms with Crippen molar-refractivity contribution in [1.82, 2.24) is 0 Å². The third kappa shape index (κ3) is 4.98. The Labute approximate surface area is 156 Å². The van der Waals surface area contributed by atoms with Crippen LogP contribution in [0.15, 0.2) is 12.1 Å². The molecule has 0 heterocycles. The van der Waals surface area contributed by atoms with Gasteiger partial charge in [0.25, 0.3) is 0 Å². The molecule has 0 spiro atoms. The molecule has 0 radical (unpaired) electrons. The highest BCUT2D eigenvalue weighted by atomic mass is 19.1. The molecular weight excluding hydrogens is 337 g/mol. The highest BCUT2D eigenvalue weighted by Crippen LogP contribution is 2.46. The molecule has 3 aliphatic carbocycles. The largest absolute Gasteiger partial charge is 0.489 e. The van der Waals surface area contributed by atoms with Crippen molar-refractivity contribution in [3.8, 4) is 0 Å². The molecule has 3 saturated carbocycles. The van der Waals surface area contributed by atoms with Gasteiger partial charge in [0, 0.05) is 0 Å². The van der Waals surface area contributed by atoms with Gasteiger partial charge in [0.1, 0.15) is 24.4 Å². The lowest BCUT2D eigenvalue weighted by Crippen LogP contribution is -2.43. The smallest absolute Gasteiger partial charge is 0.160 e. The maximum atomic E-state index is 14.4. The van der Waals surface area contributed by atoms with Crippen molar-refractivity contribution in [3.05, 3.63) is 12.1 Å². The van der Waals surface area contributed by atoms with Gasteiger partial charge in [-0.1, -0.05) is 19.8 Å². The van der Waals surface area contributed by atoms with Gasteiger partial charge in [-0.05, 0) is 87.9 Å². The molecule has 4 heteroatoms. The standard InChI is InChI=1S/C22H35F3O/c1-14-3-5-16(6-4-14)17-7-9-18(10-8-17)19-11-20(24)22(21(25)12-19)26-13-15(2)23/h13-14,16-22H,3-12H2,1-2H3/b15-13+. The molecule has 0 aromatic heterocycles. The Kier molecular flexibility index (Phi) is 6.96. The molecule has 150 valence electrons. The van der Waals surface area contributed by atoms with E-state index < -0.39 is 24.3 Å². The number of halogens is 3. The van der Waals surface area contributed by atoms with Crippen LogP contribution in [0.2, 0.25) is 0 Å². The van der Waals surface area contributed by atoms with E-state index in [9.17, 15) is 13.2 Å². The van der Waals surface area contributed by atoms with Crippen LogP contribution < -0.4 is 0 Å². The van der Waals surface area contributed by atoms with Crippen molar-refractivity contribution < 1.29 is 17.9 Å². The van der Waals surface area contributed by atoms with Gasteiger partial charge >= 0.3 is 0 Å². The second-order valence-electron chi connectivity index (χ2n) is 9.26. The number of allylic oxidation sites excluding steroid dienone is 1. The van der Waals surface area contributed by atoms with E-state index in [2.05, 4.69) is 6.92 Å². The topological polar surface area (TPSA) is 9.23 Å². The Balaban J connectivity index is 1.47. The average Bonchev–Trinajstić information content (AvgIpc) is 2.61. The maximum absolute atomic E-state index is 14.4. The van der Waals surface area contributed by atoms with E-state index in [4.69, 9.17) is 4.74 Å². The zero-order valence-corrected chi connectivity index (χ0v) is 16.3. The summed E-state index contributed by atoms with van der Waals surface area (Å²) in [6.45, 7) is 3.58. The van der Waals surface area contributed by atoms with Gasteiger partial charge in [-0.15, -0.1) is 0 Å². The lowest BCUT2D eigenvalue weighted by molar-refractivity contribution is -0.0584. The molecule has 0 saturated heterocycles. The SMILES string of the molecule is C/C(F)=C\OC1C(F)CC(C2CCC(C3CCC(C)CC3)CC2)CC1F. The van der Waals surface area contributed by atoms with Crippen LogP contribution in [0.3, 0.4) is 0 Å². The predicted molar refractivity (Wildman–Crippen MR) is 98.8 cm³/mol. The fourth-order valence-corrected chi connectivity index (χ4v) is 5.74. The van der Waals surface area contributed by atoms with Gasteiger partial charge in [-0.3, -0.25) is 0 Å². The van der Waals surface area contributed by atoms with Crippen molar-refractivity contribution in [2.75, 3.05) is 0 Å². The van der Waals surface area contributed by atoms with E-state index in [-0.39, 0.29) is 5.92 Å². The first-order valence-electron chi connectivity index (χ1n) is 10.7. The zero-order valence-electron chi connectivity index (χ0n) is 16.3. The minimum Gasteiger partial charge on any atom is -0.489 e. The number of alkyl halides is 2. The van der Waals surface area contributed by atoms with Crippen LogP contribution in [-0.2, 0) is 4.74 Å². The Morgan fingerprint density at radius 2 is 1.19 bits per heavy atom. The lowest BCUT2D eigenvalue weighted by Gasteiger charge is -2.42. The molecule has 2 atom stereocenters. The molecular formula is C22H35F3O. The third-order valence-electron chi connectivity index (χ3n) is 7.37. The van der Waals surface area contributed by atoms with Crippen LogP contribution in [0.4, 0.5) is 13.2 Å². The molecule has 26 heavy (non-hydrogen) atoms. The number of hydrogen-bond acceptors (Lipinski definition) is 1. The maximum Gasteiger partial charge on any atom is 0.160 e. The summed E-state index contributed by atoms with van der Waals surface area (Å²) >= 11 is 0. The van der Waals surface area contributed by atoms with Crippen LogP contribution >= 0.6 is 0 Å². The molecule has 0 bridgehead atoms. The lowest BCUT2D eigenvalue weighted by atomic mass is 9.65. The molecule has 0 aliphatic heterocycles. The van der Waals surface area contributed by atoms with Gasteiger partial charge in [0.05, 0.1) is 0 Å². The van der Waals surface area contributed by atoms with Gasteiger partial charge in [-0.25, -0.2) is 13.2 Å². The van der Waals surface area contributed by atoms with Crippen molar-refractivity contribution in [3.63, 3.8) is 0 Å².